The first-order valence-corrected chi connectivity index (χ1v) is 10.4. The molecule has 1 aliphatic heterocycles. The van der Waals surface area contributed by atoms with Crippen molar-refractivity contribution in [1.82, 2.24) is 14.9 Å². The Morgan fingerprint density at radius 1 is 1.14 bits per heavy atom. The van der Waals surface area contributed by atoms with Crippen molar-refractivity contribution in [1.29, 1.82) is 0 Å². The third-order valence-electron chi connectivity index (χ3n) is 4.70. The molecule has 28 heavy (non-hydrogen) atoms. The van der Waals surface area contributed by atoms with Gasteiger partial charge in [-0.15, -0.1) is 0 Å². The van der Waals surface area contributed by atoms with Crippen LogP contribution in [-0.2, 0) is 21.4 Å². The lowest BCUT2D eigenvalue weighted by atomic mass is 10.1. The number of carbonyl (C=O) groups excluding carboxylic acids is 2. The summed E-state index contributed by atoms with van der Waals surface area (Å²) in [5.41, 5.74) is 3.67. The van der Waals surface area contributed by atoms with Gasteiger partial charge in [-0.25, -0.2) is 8.42 Å². The SMILES string of the molecule is Cc1ccc(CNC(=O)c2ccc(S(=O)(=O)N3CCNC(=O)C3)cc2)c(C)c1. The fraction of sp³-hybridized carbons (Fsp3) is 0.300. The van der Waals surface area contributed by atoms with Crippen LogP contribution in [0.25, 0.3) is 0 Å². The Balaban J connectivity index is 1.67. The third kappa shape index (κ3) is 4.40. The maximum atomic E-state index is 12.6. The zero-order valence-corrected chi connectivity index (χ0v) is 16.7. The van der Waals surface area contributed by atoms with Gasteiger partial charge in [-0.2, -0.15) is 4.31 Å². The number of rotatable bonds is 5. The first kappa shape index (κ1) is 20.0. The minimum atomic E-state index is -3.76. The van der Waals surface area contributed by atoms with E-state index in [0.717, 1.165) is 21.0 Å². The highest BCUT2D eigenvalue weighted by Crippen LogP contribution is 2.17. The zero-order chi connectivity index (χ0) is 20.3. The molecule has 0 unspecified atom stereocenters. The number of nitrogens with one attached hydrogen (secondary N) is 2. The summed E-state index contributed by atoms with van der Waals surface area (Å²) in [4.78, 5) is 23.9. The van der Waals surface area contributed by atoms with Gasteiger partial charge in [0.15, 0.2) is 0 Å². The van der Waals surface area contributed by atoms with E-state index in [1.54, 1.807) is 0 Å². The Hall–Kier alpha value is -2.71. The average Bonchev–Trinajstić information content (AvgIpc) is 2.67. The summed E-state index contributed by atoms with van der Waals surface area (Å²) >= 11 is 0. The summed E-state index contributed by atoms with van der Waals surface area (Å²) in [6.07, 6.45) is 0. The Labute approximate surface area is 164 Å². The van der Waals surface area contributed by atoms with Crippen LogP contribution in [-0.4, -0.2) is 44.2 Å². The lowest BCUT2D eigenvalue weighted by molar-refractivity contribution is -0.122. The van der Waals surface area contributed by atoms with Gasteiger partial charge in [-0.1, -0.05) is 23.8 Å². The predicted molar refractivity (Wildman–Crippen MR) is 105 cm³/mol. The molecule has 8 heteroatoms. The molecule has 2 amide bonds. The molecule has 2 N–H and O–H groups in total. The van der Waals surface area contributed by atoms with E-state index in [2.05, 4.69) is 16.7 Å². The molecule has 0 saturated carbocycles. The molecule has 3 rings (SSSR count). The fourth-order valence-corrected chi connectivity index (χ4v) is 4.47. The topological polar surface area (TPSA) is 95.6 Å². The molecule has 7 nitrogen and oxygen atoms in total. The van der Waals surface area contributed by atoms with Crippen LogP contribution in [0.5, 0.6) is 0 Å². The number of benzene rings is 2. The van der Waals surface area contributed by atoms with E-state index in [9.17, 15) is 18.0 Å². The normalized spacial score (nSPS) is 15.1. The summed E-state index contributed by atoms with van der Waals surface area (Å²) < 4.78 is 26.4. The number of piperazine rings is 1. The second kappa shape index (κ2) is 8.12. The highest BCUT2D eigenvalue weighted by Gasteiger charge is 2.29. The molecule has 0 aromatic heterocycles. The maximum Gasteiger partial charge on any atom is 0.251 e. The molecular weight excluding hydrogens is 378 g/mol. The van der Waals surface area contributed by atoms with E-state index < -0.39 is 10.0 Å². The molecule has 0 aliphatic carbocycles. The van der Waals surface area contributed by atoms with Crippen LogP contribution in [0.3, 0.4) is 0 Å². The zero-order valence-electron chi connectivity index (χ0n) is 15.9. The second-order valence-corrected chi connectivity index (χ2v) is 8.76. The lowest BCUT2D eigenvalue weighted by Gasteiger charge is -2.25. The molecule has 1 heterocycles. The van der Waals surface area contributed by atoms with Crippen LogP contribution < -0.4 is 10.6 Å². The largest absolute Gasteiger partial charge is 0.354 e. The Morgan fingerprint density at radius 2 is 1.86 bits per heavy atom. The standard InChI is InChI=1S/C20H23N3O4S/c1-14-3-4-17(15(2)11-14)12-22-20(25)16-5-7-18(8-6-16)28(26,27)23-10-9-21-19(24)13-23/h3-8,11H,9-10,12-13H2,1-2H3,(H,21,24)(H,22,25). The van der Waals surface area contributed by atoms with E-state index in [1.807, 2.05) is 26.0 Å². The van der Waals surface area contributed by atoms with E-state index in [4.69, 9.17) is 0 Å². The molecule has 2 aromatic carbocycles. The van der Waals surface area contributed by atoms with Crippen LogP contribution >= 0.6 is 0 Å². The smallest absolute Gasteiger partial charge is 0.251 e. The van der Waals surface area contributed by atoms with E-state index >= 15 is 0 Å². The molecule has 1 aliphatic rings. The number of amides is 2. The van der Waals surface area contributed by atoms with Crippen molar-refractivity contribution < 1.29 is 18.0 Å². The second-order valence-electron chi connectivity index (χ2n) is 6.83. The summed E-state index contributed by atoms with van der Waals surface area (Å²) in [6, 6.07) is 11.8. The van der Waals surface area contributed by atoms with Crippen molar-refractivity contribution in [2.45, 2.75) is 25.3 Å². The summed E-state index contributed by atoms with van der Waals surface area (Å²) in [5.74, 6) is -0.599. The van der Waals surface area contributed by atoms with E-state index in [-0.39, 0.29) is 36.3 Å². The number of hydrogen-bond donors (Lipinski definition) is 2. The number of carbonyl (C=O) groups is 2. The molecule has 1 fully saturated rings. The lowest BCUT2D eigenvalue weighted by Crippen LogP contribution is -2.49. The maximum absolute atomic E-state index is 12.6. The first-order chi connectivity index (χ1) is 13.3. The van der Waals surface area contributed by atoms with Crippen LogP contribution in [0, 0.1) is 13.8 Å². The quantitative estimate of drug-likeness (QED) is 0.791. The van der Waals surface area contributed by atoms with Gasteiger partial charge in [-0.3, -0.25) is 9.59 Å². The molecule has 0 atom stereocenters. The highest BCUT2D eigenvalue weighted by molar-refractivity contribution is 7.89. The molecule has 0 spiro atoms. The Kier molecular flexibility index (Phi) is 5.81. The van der Waals surface area contributed by atoms with Crippen LogP contribution in [0.4, 0.5) is 0 Å². The summed E-state index contributed by atoms with van der Waals surface area (Å²) in [5, 5.41) is 5.45. The predicted octanol–water partition coefficient (Wildman–Crippen LogP) is 1.35. The molecule has 1 saturated heterocycles. The Morgan fingerprint density at radius 3 is 2.50 bits per heavy atom. The first-order valence-electron chi connectivity index (χ1n) is 8.98. The van der Waals surface area contributed by atoms with E-state index in [1.165, 1.54) is 24.3 Å². The molecule has 0 bridgehead atoms. The number of aryl methyl sites for hydroxylation is 2. The van der Waals surface area contributed by atoms with Gasteiger partial charge in [0.1, 0.15) is 0 Å². The number of hydrogen-bond acceptors (Lipinski definition) is 4. The van der Waals surface area contributed by atoms with Crippen molar-refractivity contribution >= 4 is 21.8 Å². The number of nitrogens with zero attached hydrogens (tertiary/aromatic N) is 1. The van der Waals surface area contributed by atoms with Crippen LogP contribution in [0.1, 0.15) is 27.0 Å². The van der Waals surface area contributed by atoms with Crippen molar-refractivity contribution in [3.8, 4) is 0 Å². The minimum Gasteiger partial charge on any atom is -0.354 e. The number of sulfonamides is 1. The van der Waals surface area contributed by atoms with Crippen LogP contribution in [0.15, 0.2) is 47.4 Å². The summed E-state index contributed by atoms with van der Waals surface area (Å²) in [7, 11) is -3.76. The van der Waals surface area contributed by atoms with Crippen molar-refractivity contribution in [3.05, 3.63) is 64.7 Å². The third-order valence-corrected chi connectivity index (χ3v) is 6.55. The van der Waals surface area contributed by atoms with Gasteiger partial charge >= 0.3 is 0 Å². The minimum absolute atomic E-state index is 0.0631. The molecule has 2 aromatic rings. The summed E-state index contributed by atoms with van der Waals surface area (Å²) in [6.45, 7) is 4.73. The van der Waals surface area contributed by atoms with Gasteiger partial charge < -0.3 is 10.6 Å². The van der Waals surface area contributed by atoms with Gasteiger partial charge in [0.05, 0.1) is 11.4 Å². The van der Waals surface area contributed by atoms with Gasteiger partial charge in [0.25, 0.3) is 5.91 Å². The Bertz CT molecular complexity index is 1000. The molecule has 0 radical (unpaired) electrons. The van der Waals surface area contributed by atoms with Crippen molar-refractivity contribution in [3.63, 3.8) is 0 Å². The molecule has 148 valence electrons. The monoisotopic (exact) mass is 401 g/mol. The van der Waals surface area contributed by atoms with Gasteiger partial charge in [0.2, 0.25) is 15.9 Å². The average molecular weight is 401 g/mol. The van der Waals surface area contributed by atoms with Gasteiger partial charge in [0, 0.05) is 25.2 Å². The van der Waals surface area contributed by atoms with Crippen molar-refractivity contribution in [2.75, 3.05) is 19.6 Å². The van der Waals surface area contributed by atoms with E-state index in [0.29, 0.717) is 12.1 Å². The molecular formula is C20H23N3O4S. The van der Waals surface area contributed by atoms with Crippen LogP contribution in [0.2, 0.25) is 0 Å². The van der Waals surface area contributed by atoms with Crippen molar-refractivity contribution in [2.24, 2.45) is 0 Å². The fourth-order valence-electron chi connectivity index (χ4n) is 3.07. The highest BCUT2D eigenvalue weighted by atomic mass is 32.2. The van der Waals surface area contributed by atoms with Gasteiger partial charge in [-0.05, 0) is 49.2 Å².